The monoisotopic (exact) mass is 447 g/mol. The first-order valence-corrected chi connectivity index (χ1v) is 9.94. The molecule has 1 atom stereocenters. The van der Waals surface area contributed by atoms with Crippen LogP contribution in [-0.4, -0.2) is 5.97 Å². The molecule has 2 nitrogen and oxygen atoms in total. The topological polar surface area (TPSA) is 40.1 Å². The molecular weight excluding hydrogens is 427 g/mol. The molecule has 0 aromatic heterocycles. The summed E-state index contributed by atoms with van der Waals surface area (Å²) >= 11 is 0. The summed E-state index contributed by atoms with van der Waals surface area (Å²) < 4.78 is 66.4. The van der Waals surface area contributed by atoms with Gasteiger partial charge in [0.15, 0.2) is 0 Å². The summed E-state index contributed by atoms with van der Waals surface area (Å²) in [4.78, 5) is 11.8. The van der Waals surface area contributed by atoms with Gasteiger partial charge in [-0.15, -0.1) is 0 Å². The third-order valence-corrected chi connectivity index (χ3v) is 5.09. The number of hydrogen-bond acceptors (Lipinski definition) is 2. The summed E-state index contributed by atoms with van der Waals surface area (Å²) in [6, 6.07) is 12.0. The zero-order chi connectivity index (χ0) is 23.6. The average molecular weight is 447 g/mol. The fourth-order valence-corrected chi connectivity index (χ4v) is 3.60. The number of carbonyl (C=O) groups is 1. The van der Waals surface area contributed by atoms with Gasteiger partial charge in [0.1, 0.15) is 11.6 Å². The van der Waals surface area contributed by atoms with Gasteiger partial charge in [-0.3, -0.25) is 0 Å². The summed E-state index contributed by atoms with van der Waals surface area (Å²) in [5, 5.41) is 11.8. The molecule has 7 heteroatoms. The van der Waals surface area contributed by atoms with Crippen LogP contribution in [0.2, 0.25) is 0 Å². The van der Waals surface area contributed by atoms with Crippen molar-refractivity contribution in [3.05, 3.63) is 83.4 Å². The molecule has 3 rings (SSSR count). The first kappa shape index (κ1) is 23.4. The number of halogens is 5. The van der Waals surface area contributed by atoms with Gasteiger partial charge in [0.25, 0.3) is 0 Å². The van der Waals surface area contributed by atoms with Crippen LogP contribution in [0.15, 0.2) is 60.7 Å². The van der Waals surface area contributed by atoms with Crippen molar-refractivity contribution in [1.82, 2.24) is 0 Å². The Morgan fingerprint density at radius 2 is 1.31 bits per heavy atom. The maximum absolute atomic E-state index is 13.8. The summed E-state index contributed by atoms with van der Waals surface area (Å²) in [7, 11) is 0. The Bertz CT molecular complexity index is 1100. The normalized spacial score (nSPS) is 12.8. The third-order valence-electron chi connectivity index (χ3n) is 5.09. The highest BCUT2D eigenvalue weighted by Crippen LogP contribution is 2.35. The minimum atomic E-state index is -4.50. The van der Waals surface area contributed by atoms with Gasteiger partial charge in [-0.2, -0.15) is 13.2 Å². The molecule has 0 saturated carbocycles. The van der Waals surface area contributed by atoms with E-state index in [1.54, 1.807) is 12.1 Å². The maximum atomic E-state index is 13.8. The summed E-state index contributed by atoms with van der Waals surface area (Å²) in [5.74, 6) is -3.90. The van der Waals surface area contributed by atoms with Crippen molar-refractivity contribution in [1.29, 1.82) is 0 Å². The molecule has 0 amide bonds. The van der Waals surface area contributed by atoms with E-state index in [2.05, 4.69) is 0 Å². The zero-order valence-electron chi connectivity index (χ0n) is 17.3. The third kappa shape index (κ3) is 5.52. The molecule has 0 bridgehead atoms. The van der Waals surface area contributed by atoms with Crippen molar-refractivity contribution in [3.8, 4) is 22.3 Å². The highest BCUT2D eigenvalue weighted by atomic mass is 19.4. The number of hydrogen-bond donors (Lipinski definition) is 0. The van der Waals surface area contributed by atoms with Crippen LogP contribution in [-0.2, 0) is 11.0 Å². The molecule has 0 heterocycles. The average Bonchev–Trinajstić information content (AvgIpc) is 2.70. The number of rotatable bonds is 6. The summed E-state index contributed by atoms with van der Waals surface area (Å²) in [6.45, 7) is 3.69. The van der Waals surface area contributed by atoms with Crippen molar-refractivity contribution in [2.45, 2.75) is 32.4 Å². The lowest BCUT2D eigenvalue weighted by molar-refractivity contribution is -0.308. The molecule has 32 heavy (non-hydrogen) atoms. The largest absolute Gasteiger partial charge is 0.549 e. The predicted octanol–water partition coefficient (Wildman–Crippen LogP) is 6.20. The lowest BCUT2D eigenvalue weighted by Gasteiger charge is -2.22. The Balaban J connectivity index is 2.19. The Kier molecular flexibility index (Phi) is 6.67. The fraction of sp³-hybridized carbons (Fsp3) is 0.240. The number of benzene rings is 3. The second-order valence-electron chi connectivity index (χ2n) is 8.08. The van der Waals surface area contributed by atoms with E-state index in [1.165, 1.54) is 18.2 Å². The second-order valence-corrected chi connectivity index (χ2v) is 8.08. The van der Waals surface area contributed by atoms with E-state index < -0.39 is 35.3 Å². The van der Waals surface area contributed by atoms with Gasteiger partial charge in [-0.1, -0.05) is 38.1 Å². The number of carbonyl (C=O) groups excluding carboxylic acids is 1. The second kappa shape index (κ2) is 9.10. The van der Waals surface area contributed by atoms with E-state index in [-0.39, 0.29) is 17.9 Å². The molecule has 0 N–H and O–H groups in total. The van der Waals surface area contributed by atoms with Crippen LogP contribution < -0.4 is 5.11 Å². The molecule has 3 aromatic rings. The molecule has 0 spiro atoms. The van der Waals surface area contributed by atoms with E-state index in [0.29, 0.717) is 28.3 Å². The van der Waals surface area contributed by atoms with Crippen LogP contribution in [0.5, 0.6) is 0 Å². The zero-order valence-corrected chi connectivity index (χ0v) is 17.3. The van der Waals surface area contributed by atoms with Gasteiger partial charge < -0.3 is 9.90 Å². The predicted molar refractivity (Wildman–Crippen MR) is 109 cm³/mol. The minimum Gasteiger partial charge on any atom is -0.549 e. The van der Waals surface area contributed by atoms with Gasteiger partial charge in [0.2, 0.25) is 0 Å². The van der Waals surface area contributed by atoms with E-state index in [0.717, 1.165) is 24.3 Å². The number of carboxylic acid groups (broad SMARTS) is 1. The molecule has 3 aromatic carbocycles. The molecule has 0 aliphatic heterocycles. The van der Waals surface area contributed by atoms with Gasteiger partial charge in [0.05, 0.1) is 5.56 Å². The van der Waals surface area contributed by atoms with Crippen molar-refractivity contribution in [2.75, 3.05) is 0 Å². The van der Waals surface area contributed by atoms with E-state index >= 15 is 0 Å². The van der Waals surface area contributed by atoms with Gasteiger partial charge in [-0.25, -0.2) is 8.78 Å². The standard InChI is InChI=1S/C25H21F5O2/c1-14(2)7-23(24(31)32)19-9-16(15-3-5-20(6-4-15)25(28,29)30)8-17(10-19)18-11-21(26)13-22(27)12-18/h3-6,8-14,23H,7H2,1-2H3,(H,31,32)/p-1/t23-/m0/s1. The van der Waals surface area contributed by atoms with Crippen LogP contribution in [0.1, 0.15) is 37.3 Å². The molecule has 168 valence electrons. The quantitative estimate of drug-likeness (QED) is 0.423. The van der Waals surface area contributed by atoms with Gasteiger partial charge >= 0.3 is 6.18 Å². The number of carboxylic acids is 1. The Labute approximate surface area is 182 Å². The van der Waals surface area contributed by atoms with Gasteiger partial charge in [-0.05, 0) is 70.5 Å². The van der Waals surface area contributed by atoms with Crippen LogP contribution in [0.25, 0.3) is 22.3 Å². The highest BCUT2D eigenvalue weighted by molar-refractivity contribution is 5.79. The summed E-state index contributed by atoms with van der Waals surface area (Å²) in [6.07, 6.45) is -4.24. The van der Waals surface area contributed by atoms with Crippen LogP contribution in [0.3, 0.4) is 0 Å². The van der Waals surface area contributed by atoms with E-state index in [9.17, 15) is 31.9 Å². The molecular formula is C25H20F5O2-. The Morgan fingerprint density at radius 1 is 0.812 bits per heavy atom. The molecule has 0 unspecified atom stereocenters. The van der Waals surface area contributed by atoms with Crippen molar-refractivity contribution in [2.24, 2.45) is 5.92 Å². The van der Waals surface area contributed by atoms with Crippen LogP contribution in [0.4, 0.5) is 22.0 Å². The minimum absolute atomic E-state index is 0.0164. The van der Waals surface area contributed by atoms with Gasteiger partial charge in [0, 0.05) is 18.0 Å². The maximum Gasteiger partial charge on any atom is 0.416 e. The van der Waals surface area contributed by atoms with Crippen molar-refractivity contribution >= 4 is 5.97 Å². The van der Waals surface area contributed by atoms with Crippen molar-refractivity contribution in [3.63, 3.8) is 0 Å². The SMILES string of the molecule is CC(C)C[C@H](C(=O)[O-])c1cc(-c2ccc(C(F)(F)F)cc2)cc(-c2cc(F)cc(F)c2)c1. The number of alkyl halides is 3. The van der Waals surface area contributed by atoms with E-state index in [4.69, 9.17) is 0 Å². The van der Waals surface area contributed by atoms with Crippen LogP contribution >= 0.6 is 0 Å². The smallest absolute Gasteiger partial charge is 0.416 e. The molecule has 0 aliphatic rings. The summed E-state index contributed by atoms with van der Waals surface area (Å²) in [5.41, 5.74) is 0.864. The highest BCUT2D eigenvalue weighted by Gasteiger charge is 2.30. The molecule has 0 radical (unpaired) electrons. The Morgan fingerprint density at radius 3 is 1.78 bits per heavy atom. The molecule has 0 saturated heterocycles. The lowest BCUT2D eigenvalue weighted by Crippen LogP contribution is -2.30. The molecule has 0 fully saturated rings. The first-order valence-electron chi connectivity index (χ1n) is 9.94. The first-order chi connectivity index (χ1) is 14.9. The van der Waals surface area contributed by atoms with Crippen molar-refractivity contribution < 1.29 is 31.9 Å². The fourth-order valence-electron chi connectivity index (χ4n) is 3.60. The van der Waals surface area contributed by atoms with Crippen LogP contribution in [0, 0.1) is 17.6 Å². The molecule has 0 aliphatic carbocycles. The lowest BCUT2D eigenvalue weighted by atomic mass is 9.86. The number of aliphatic carboxylic acids is 1. The Hall–Kier alpha value is -3.22. The van der Waals surface area contributed by atoms with E-state index in [1.807, 2.05) is 13.8 Å².